The van der Waals surface area contributed by atoms with Gasteiger partial charge < -0.3 is 10.6 Å². The third-order valence-corrected chi connectivity index (χ3v) is 3.32. The van der Waals surface area contributed by atoms with Gasteiger partial charge in [-0.2, -0.15) is 4.57 Å². The minimum Gasteiger partial charge on any atom is -0.326 e. The van der Waals surface area contributed by atoms with Crippen molar-refractivity contribution >= 4 is 23.2 Å². The molecule has 0 unspecified atom stereocenters. The Morgan fingerprint density at radius 1 is 0.955 bits per heavy atom. The average molecular weight is 298 g/mol. The van der Waals surface area contributed by atoms with Crippen molar-refractivity contribution in [2.75, 3.05) is 10.6 Å². The molecule has 0 bridgehead atoms. The molecule has 1 heterocycles. The lowest BCUT2D eigenvalue weighted by molar-refractivity contribution is -0.705. The van der Waals surface area contributed by atoms with E-state index in [9.17, 15) is 9.59 Å². The summed E-state index contributed by atoms with van der Waals surface area (Å²) in [4.78, 5) is 23.2. The van der Waals surface area contributed by atoms with Crippen LogP contribution in [0.25, 0.3) is 0 Å². The molecule has 0 saturated carbocycles. The fraction of sp³-hybridized carbons (Fsp3) is 0.235. The van der Waals surface area contributed by atoms with Crippen molar-refractivity contribution in [3.63, 3.8) is 0 Å². The van der Waals surface area contributed by atoms with Gasteiger partial charge in [-0.15, -0.1) is 0 Å². The highest BCUT2D eigenvalue weighted by Gasteiger charge is 2.21. The first-order chi connectivity index (χ1) is 10.5. The van der Waals surface area contributed by atoms with Gasteiger partial charge in [-0.05, 0) is 36.8 Å². The molecule has 0 aliphatic rings. The molecule has 2 N–H and O–H groups in total. The highest BCUT2D eigenvalue weighted by molar-refractivity contribution is 5.93. The van der Waals surface area contributed by atoms with Crippen LogP contribution in [0.3, 0.4) is 0 Å². The maximum Gasteiger partial charge on any atom is 0.293 e. The van der Waals surface area contributed by atoms with Crippen molar-refractivity contribution in [1.82, 2.24) is 0 Å². The molecule has 1 aromatic heterocycles. The summed E-state index contributed by atoms with van der Waals surface area (Å²) < 4.78 is 1.86. The molecule has 114 valence electrons. The quantitative estimate of drug-likeness (QED) is 0.852. The van der Waals surface area contributed by atoms with Crippen LogP contribution in [0, 0.1) is 6.92 Å². The number of anilines is 2. The number of amides is 2. The molecule has 0 saturated heterocycles. The van der Waals surface area contributed by atoms with Gasteiger partial charge in [0.2, 0.25) is 11.9 Å². The standard InChI is InChI=1S/C17H19N3O2/c1-12-8-10-20(11-9-12)13(2)17(22)19-16-6-4-15(5-7-16)18-14(3)21/h4-11,13H,1-3H3,(H-,18,19,21,22)/p+1/t13-/m1/s1. The molecule has 0 fully saturated rings. The first-order valence-corrected chi connectivity index (χ1v) is 7.11. The van der Waals surface area contributed by atoms with Crippen molar-refractivity contribution in [1.29, 1.82) is 0 Å². The summed E-state index contributed by atoms with van der Waals surface area (Å²) in [5.41, 5.74) is 2.54. The second kappa shape index (κ2) is 6.85. The molecule has 2 aromatic rings. The third kappa shape index (κ3) is 4.15. The largest absolute Gasteiger partial charge is 0.326 e. The molecule has 1 aromatic carbocycles. The number of benzene rings is 1. The number of nitrogens with one attached hydrogen (secondary N) is 2. The monoisotopic (exact) mass is 298 g/mol. The van der Waals surface area contributed by atoms with Gasteiger partial charge in [-0.3, -0.25) is 9.59 Å². The predicted molar refractivity (Wildman–Crippen MR) is 85.5 cm³/mol. The molecule has 2 rings (SSSR count). The lowest BCUT2D eigenvalue weighted by Crippen LogP contribution is -2.43. The Bertz CT molecular complexity index is 663. The van der Waals surface area contributed by atoms with Gasteiger partial charge in [0.25, 0.3) is 5.91 Å². The van der Waals surface area contributed by atoms with Crippen molar-refractivity contribution in [3.8, 4) is 0 Å². The highest BCUT2D eigenvalue weighted by Crippen LogP contribution is 2.14. The number of aromatic nitrogens is 1. The maximum atomic E-state index is 12.3. The van der Waals surface area contributed by atoms with Crippen molar-refractivity contribution in [3.05, 3.63) is 54.4 Å². The number of hydrogen-bond acceptors (Lipinski definition) is 2. The van der Waals surface area contributed by atoms with Gasteiger partial charge in [0.05, 0.1) is 0 Å². The van der Waals surface area contributed by atoms with E-state index in [4.69, 9.17) is 0 Å². The van der Waals surface area contributed by atoms with Crippen LogP contribution in [0.1, 0.15) is 25.5 Å². The Morgan fingerprint density at radius 3 is 1.95 bits per heavy atom. The van der Waals surface area contributed by atoms with Gasteiger partial charge in [-0.1, -0.05) is 0 Å². The van der Waals surface area contributed by atoms with Gasteiger partial charge in [0.15, 0.2) is 12.4 Å². The third-order valence-electron chi connectivity index (χ3n) is 3.32. The average Bonchev–Trinajstić information content (AvgIpc) is 2.49. The van der Waals surface area contributed by atoms with Gasteiger partial charge in [-0.25, -0.2) is 0 Å². The second-order valence-corrected chi connectivity index (χ2v) is 5.25. The Labute approximate surface area is 130 Å². The van der Waals surface area contributed by atoms with Crippen LogP contribution >= 0.6 is 0 Å². The first kappa shape index (κ1) is 15.7. The van der Waals surface area contributed by atoms with Crippen LogP contribution in [0.15, 0.2) is 48.8 Å². The van der Waals surface area contributed by atoms with E-state index in [2.05, 4.69) is 10.6 Å². The Kier molecular flexibility index (Phi) is 4.88. The van der Waals surface area contributed by atoms with E-state index < -0.39 is 0 Å². The molecule has 2 amide bonds. The van der Waals surface area contributed by atoms with E-state index in [1.165, 1.54) is 6.92 Å². The van der Waals surface area contributed by atoms with Crippen molar-refractivity contribution in [2.45, 2.75) is 26.8 Å². The molecule has 0 radical (unpaired) electrons. The number of hydrogen-bond donors (Lipinski definition) is 2. The minimum absolute atomic E-state index is 0.0962. The van der Waals surface area contributed by atoms with E-state index in [0.29, 0.717) is 11.4 Å². The number of carbonyl (C=O) groups excluding carboxylic acids is 2. The van der Waals surface area contributed by atoms with Crippen LogP contribution in [0.5, 0.6) is 0 Å². The maximum absolute atomic E-state index is 12.3. The molecule has 0 aliphatic heterocycles. The normalized spacial score (nSPS) is 11.6. The van der Waals surface area contributed by atoms with E-state index in [-0.39, 0.29) is 17.9 Å². The van der Waals surface area contributed by atoms with Gasteiger partial charge in [0, 0.05) is 37.4 Å². The zero-order chi connectivity index (χ0) is 16.1. The van der Waals surface area contributed by atoms with Crippen LogP contribution in [0.2, 0.25) is 0 Å². The molecule has 1 atom stereocenters. The minimum atomic E-state index is -0.310. The van der Waals surface area contributed by atoms with Crippen molar-refractivity contribution < 1.29 is 14.2 Å². The number of rotatable bonds is 4. The second-order valence-electron chi connectivity index (χ2n) is 5.25. The fourth-order valence-electron chi connectivity index (χ4n) is 1.99. The molecule has 0 aliphatic carbocycles. The summed E-state index contributed by atoms with van der Waals surface area (Å²) in [7, 11) is 0. The summed E-state index contributed by atoms with van der Waals surface area (Å²) in [6, 6.07) is 10.6. The molecular weight excluding hydrogens is 278 g/mol. The lowest BCUT2D eigenvalue weighted by atomic mass is 10.2. The topological polar surface area (TPSA) is 62.1 Å². The Balaban J connectivity index is 2.01. The first-order valence-electron chi connectivity index (χ1n) is 7.11. The van der Waals surface area contributed by atoms with Crippen LogP contribution < -0.4 is 15.2 Å². The summed E-state index contributed by atoms with van der Waals surface area (Å²) in [6.07, 6.45) is 3.78. The zero-order valence-electron chi connectivity index (χ0n) is 13.0. The van der Waals surface area contributed by atoms with E-state index in [1.807, 2.05) is 42.9 Å². The van der Waals surface area contributed by atoms with E-state index >= 15 is 0 Å². The predicted octanol–water partition coefficient (Wildman–Crippen LogP) is 2.44. The van der Waals surface area contributed by atoms with E-state index in [1.54, 1.807) is 24.3 Å². The number of carbonyl (C=O) groups is 2. The summed E-state index contributed by atoms with van der Waals surface area (Å²) >= 11 is 0. The van der Waals surface area contributed by atoms with Crippen LogP contribution in [-0.4, -0.2) is 11.8 Å². The molecule has 22 heavy (non-hydrogen) atoms. The molecular formula is C17H20N3O2+. The van der Waals surface area contributed by atoms with Crippen molar-refractivity contribution in [2.24, 2.45) is 0 Å². The Hall–Kier alpha value is -2.69. The molecule has 0 spiro atoms. The molecule has 5 heteroatoms. The fourth-order valence-corrected chi connectivity index (χ4v) is 1.99. The van der Waals surface area contributed by atoms with Crippen LogP contribution in [0.4, 0.5) is 11.4 Å². The zero-order valence-corrected chi connectivity index (χ0v) is 13.0. The Morgan fingerprint density at radius 2 is 1.45 bits per heavy atom. The SMILES string of the molecule is CC(=O)Nc1ccc(NC(=O)[C@@H](C)[n+]2ccc(C)cc2)cc1. The van der Waals surface area contributed by atoms with Crippen LogP contribution in [-0.2, 0) is 9.59 Å². The highest BCUT2D eigenvalue weighted by atomic mass is 16.2. The summed E-state index contributed by atoms with van der Waals surface area (Å²) in [6.45, 7) is 5.30. The molecule has 5 nitrogen and oxygen atoms in total. The summed E-state index contributed by atoms with van der Waals surface area (Å²) in [5, 5.41) is 5.55. The van der Waals surface area contributed by atoms with E-state index in [0.717, 1.165) is 5.56 Å². The number of pyridine rings is 1. The summed E-state index contributed by atoms with van der Waals surface area (Å²) in [5.74, 6) is -0.220. The number of aryl methyl sites for hydroxylation is 1. The van der Waals surface area contributed by atoms with Gasteiger partial charge in [0.1, 0.15) is 0 Å². The smallest absolute Gasteiger partial charge is 0.293 e. The number of nitrogens with zero attached hydrogens (tertiary/aromatic N) is 1. The lowest BCUT2D eigenvalue weighted by Gasteiger charge is -2.09. The van der Waals surface area contributed by atoms with Gasteiger partial charge >= 0.3 is 0 Å².